The topological polar surface area (TPSA) is 21.3 Å². The Labute approximate surface area is 81.4 Å². The zero-order valence-corrected chi connectivity index (χ0v) is 8.97. The molecule has 0 radical (unpaired) electrons. The summed E-state index contributed by atoms with van der Waals surface area (Å²) >= 11 is 0. The van der Waals surface area contributed by atoms with Crippen molar-refractivity contribution in [3.05, 3.63) is 11.6 Å². The van der Waals surface area contributed by atoms with Gasteiger partial charge in [-0.15, -0.1) is 0 Å². The molecule has 76 valence electrons. The second kappa shape index (κ2) is 5.40. The van der Waals surface area contributed by atoms with Gasteiger partial charge in [-0.25, -0.2) is 0 Å². The van der Waals surface area contributed by atoms with Gasteiger partial charge in [0.1, 0.15) is 0 Å². The van der Waals surface area contributed by atoms with Gasteiger partial charge in [0.2, 0.25) is 0 Å². The lowest BCUT2D eigenvalue weighted by Gasteiger charge is -2.16. The molecule has 1 rings (SSSR count). The number of hydrogen-bond donors (Lipinski definition) is 1. The first-order valence-corrected chi connectivity index (χ1v) is 5.12. The van der Waals surface area contributed by atoms with Crippen molar-refractivity contribution < 1.29 is 4.74 Å². The molecular weight excluding hydrogens is 162 g/mol. The lowest BCUT2D eigenvalue weighted by molar-refractivity contribution is 0.183. The lowest BCUT2D eigenvalue weighted by Crippen LogP contribution is -2.26. The molecule has 2 nitrogen and oxygen atoms in total. The van der Waals surface area contributed by atoms with E-state index in [1.807, 2.05) is 7.05 Å². The minimum Gasteiger partial charge on any atom is -0.381 e. The molecule has 0 amide bonds. The average molecular weight is 183 g/mol. The number of hydrogen-bond acceptors (Lipinski definition) is 2. The van der Waals surface area contributed by atoms with Gasteiger partial charge in [-0.2, -0.15) is 0 Å². The smallest absolute Gasteiger partial charge is 0.0495 e. The molecule has 1 aliphatic heterocycles. The maximum atomic E-state index is 5.36. The highest BCUT2D eigenvalue weighted by Crippen LogP contribution is 2.18. The zero-order chi connectivity index (χ0) is 9.68. The van der Waals surface area contributed by atoms with Gasteiger partial charge in [0.25, 0.3) is 0 Å². The Hall–Kier alpha value is -0.340. The van der Waals surface area contributed by atoms with Gasteiger partial charge in [-0.1, -0.05) is 11.6 Å². The third-order valence-corrected chi connectivity index (χ3v) is 2.52. The fraction of sp³-hybridized carbons (Fsp3) is 0.818. The van der Waals surface area contributed by atoms with E-state index in [0.29, 0.717) is 6.04 Å². The van der Waals surface area contributed by atoms with Gasteiger partial charge < -0.3 is 10.1 Å². The number of nitrogens with one attached hydrogen (secondary N) is 1. The largest absolute Gasteiger partial charge is 0.381 e. The van der Waals surface area contributed by atoms with E-state index >= 15 is 0 Å². The summed E-state index contributed by atoms with van der Waals surface area (Å²) in [6.07, 6.45) is 4.74. The minimum atomic E-state index is 0.525. The van der Waals surface area contributed by atoms with E-state index in [0.717, 1.165) is 19.1 Å². The fourth-order valence-corrected chi connectivity index (χ4v) is 1.80. The summed E-state index contributed by atoms with van der Waals surface area (Å²) in [7, 11) is 2.03. The van der Waals surface area contributed by atoms with Crippen LogP contribution in [0.2, 0.25) is 0 Å². The monoisotopic (exact) mass is 183 g/mol. The fourth-order valence-electron chi connectivity index (χ4n) is 1.80. The van der Waals surface area contributed by atoms with Crippen molar-refractivity contribution in [2.75, 3.05) is 20.3 Å². The Morgan fingerprint density at radius 3 is 2.85 bits per heavy atom. The molecule has 2 heteroatoms. The van der Waals surface area contributed by atoms with Crippen LogP contribution < -0.4 is 5.32 Å². The molecule has 0 aromatic rings. The molecule has 0 aromatic carbocycles. The normalized spacial score (nSPS) is 24.4. The molecule has 1 saturated heterocycles. The van der Waals surface area contributed by atoms with E-state index in [1.165, 1.54) is 18.4 Å². The van der Waals surface area contributed by atoms with E-state index < -0.39 is 0 Å². The lowest BCUT2D eigenvalue weighted by atomic mass is 9.98. The number of rotatable bonds is 4. The predicted molar refractivity (Wildman–Crippen MR) is 55.8 cm³/mol. The third kappa shape index (κ3) is 3.92. The first-order chi connectivity index (χ1) is 6.22. The summed E-state index contributed by atoms with van der Waals surface area (Å²) in [6, 6.07) is 0.525. The SMILES string of the molecule is CNC(C=C(C)C)CC1CCOC1. The Kier molecular flexibility index (Phi) is 4.46. The van der Waals surface area contributed by atoms with Crippen LogP contribution >= 0.6 is 0 Å². The van der Waals surface area contributed by atoms with Crippen molar-refractivity contribution >= 4 is 0 Å². The highest BCUT2D eigenvalue weighted by atomic mass is 16.5. The number of likely N-dealkylation sites (N-methyl/N-ethyl adjacent to an activating group) is 1. The zero-order valence-electron chi connectivity index (χ0n) is 8.97. The Balaban J connectivity index is 2.34. The first kappa shape index (κ1) is 10.7. The Bertz CT molecular complexity index is 167. The highest BCUT2D eigenvalue weighted by molar-refractivity contribution is 5.01. The van der Waals surface area contributed by atoms with Crippen LogP contribution in [-0.2, 0) is 4.74 Å². The molecule has 1 fully saturated rings. The van der Waals surface area contributed by atoms with Crippen LogP contribution in [0.4, 0.5) is 0 Å². The average Bonchev–Trinajstić information content (AvgIpc) is 2.55. The molecule has 2 unspecified atom stereocenters. The molecule has 1 heterocycles. The Morgan fingerprint density at radius 2 is 2.38 bits per heavy atom. The van der Waals surface area contributed by atoms with Crippen molar-refractivity contribution in [2.45, 2.75) is 32.7 Å². The third-order valence-electron chi connectivity index (χ3n) is 2.52. The van der Waals surface area contributed by atoms with Crippen molar-refractivity contribution in [2.24, 2.45) is 5.92 Å². The van der Waals surface area contributed by atoms with Crippen molar-refractivity contribution in [1.82, 2.24) is 5.32 Å². The van der Waals surface area contributed by atoms with Gasteiger partial charge in [-0.3, -0.25) is 0 Å². The number of allylic oxidation sites excluding steroid dienone is 1. The van der Waals surface area contributed by atoms with Gasteiger partial charge in [0, 0.05) is 19.3 Å². The van der Waals surface area contributed by atoms with Gasteiger partial charge >= 0.3 is 0 Å². The summed E-state index contributed by atoms with van der Waals surface area (Å²) in [5.74, 6) is 0.757. The summed E-state index contributed by atoms with van der Waals surface area (Å²) in [5.41, 5.74) is 1.39. The molecule has 1 N–H and O–H groups in total. The number of ether oxygens (including phenoxy) is 1. The molecule has 0 aromatic heterocycles. The van der Waals surface area contributed by atoms with Crippen molar-refractivity contribution in [1.29, 1.82) is 0 Å². The van der Waals surface area contributed by atoms with Crippen LogP contribution in [-0.4, -0.2) is 26.3 Å². The van der Waals surface area contributed by atoms with Crippen LogP contribution in [0, 0.1) is 5.92 Å². The van der Waals surface area contributed by atoms with Crippen LogP contribution in [0.15, 0.2) is 11.6 Å². The molecule has 0 saturated carbocycles. The Morgan fingerprint density at radius 1 is 1.62 bits per heavy atom. The van der Waals surface area contributed by atoms with Gasteiger partial charge in [0.05, 0.1) is 0 Å². The maximum absolute atomic E-state index is 5.36. The first-order valence-electron chi connectivity index (χ1n) is 5.12. The van der Waals surface area contributed by atoms with Crippen LogP contribution in [0.1, 0.15) is 26.7 Å². The molecule has 0 spiro atoms. The van der Waals surface area contributed by atoms with E-state index in [9.17, 15) is 0 Å². The predicted octanol–water partition coefficient (Wildman–Crippen LogP) is 1.97. The van der Waals surface area contributed by atoms with E-state index in [4.69, 9.17) is 4.74 Å². The van der Waals surface area contributed by atoms with Crippen LogP contribution in [0.5, 0.6) is 0 Å². The quantitative estimate of drug-likeness (QED) is 0.673. The molecular formula is C11H21NO. The summed E-state index contributed by atoms with van der Waals surface area (Å²) < 4.78 is 5.36. The van der Waals surface area contributed by atoms with E-state index in [-0.39, 0.29) is 0 Å². The molecule has 13 heavy (non-hydrogen) atoms. The van der Waals surface area contributed by atoms with Gasteiger partial charge in [-0.05, 0) is 39.7 Å². The standard InChI is InChI=1S/C11H21NO/c1-9(2)6-11(12-3)7-10-4-5-13-8-10/h6,10-12H,4-5,7-8H2,1-3H3. The minimum absolute atomic E-state index is 0.525. The molecule has 0 bridgehead atoms. The van der Waals surface area contributed by atoms with Crippen molar-refractivity contribution in [3.63, 3.8) is 0 Å². The summed E-state index contributed by atoms with van der Waals surface area (Å²) in [5, 5.41) is 3.33. The molecule has 1 aliphatic rings. The van der Waals surface area contributed by atoms with E-state index in [2.05, 4.69) is 25.2 Å². The maximum Gasteiger partial charge on any atom is 0.0495 e. The van der Waals surface area contributed by atoms with Crippen molar-refractivity contribution in [3.8, 4) is 0 Å². The van der Waals surface area contributed by atoms with Crippen LogP contribution in [0.25, 0.3) is 0 Å². The summed E-state index contributed by atoms with van der Waals surface area (Å²) in [6.45, 7) is 6.20. The van der Waals surface area contributed by atoms with Gasteiger partial charge in [0.15, 0.2) is 0 Å². The van der Waals surface area contributed by atoms with E-state index in [1.54, 1.807) is 0 Å². The second-order valence-electron chi connectivity index (χ2n) is 4.10. The molecule has 0 aliphatic carbocycles. The van der Waals surface area contributed by atoms with Crippen LogP contribution in [0.3, 0.4) is 0 Å². The summed E-state index contributed by atoms with van der Waals surface area (Å²) in [4.78, 5) is 0. The second-order valence-corrected chi connectivity index (χ2v) is 4.10. The molecule has 2 atom stereocenters. The highest BCUT2D eigenvalue weighted by Gasteiger charge is 2.18.